The van der Waals surface area contributed by atoms with Crippen LogP contribution in [0, 0.1) is 0 Å². The number of aromatic nitrogens is 1. The van der Waals surface area contributed by atoms with Gasteiger partial charge in [0.25, 0.3) is 5.91 Å². The highest BCUT2D eigenvalue weighted by Gasteiger charge is 2.17. The number of rotatable bonds is 3. The van der Waals surface area contributed by atoms with Gasteiger partial charge in [-0.15, -0.1) is 0 Å². The molecule has 0 fully saturated rings. The Balaban J connectivity index is 1.70. The Morgan fingerprint density at radius 2 is 2.04 bits per heavy atom. The van der Waals surface area contributed by atoms with E-state index in [1.165, 1.54) is 17.3 Å². The van der Waals surface area contributed by atoms with Crippen molar-refractivity contribution in [2.45, 2.75) is 13.0 Å². The maximum absolute atomic E-state index is 12.2. The Bertz CT molecular complexity index is 826. The SMILES string of the molecule is C=CN=C(N=C)NC(=O)c1ccc(N2CCc3ccccc3C2)nc1. The van der Waals surface area contributed by atoms with E-state index in [4.69, 9.17) is 0 Å². The highest BCUT2D eigenvalue weighted by molar-refractivity contribution is 6.06. The minimum atomic E-state index is -0.337. The van der Waals surface area contributed by atoms with Crippen molar-refractivity contribution < 1.29 is 4.79 Å². The molecule has 1 aliphatic heterocycles. The summed E-state index contributed by atoms with van der Waals surface area (Å²) in [6.07, 6.45) is 3.84. The summed E-state index contributed by atoms with van der Waals surface area (Å²) in [7, 11) is 0. The number of hydrogen-bond donors (Lipinski definition) is 1. The van der Waals surface area contributed by atoms with Crippen LogP contribution < -0.4 is 10.2 Å². The van der Waals surface area contributed by atoms with Gasteiger partial charge in [-0.05, 0) is 36.4 Å². The zero-order valence-corrected chi connectivity index (χ0v) is 13.9. The number of amides is 1. The van der Waals surface area contributed by atoms with E-state index in [-0.39, 0.29) is 11.9 Å². The fourth-order valence-electron chi connectivity index (χ4n) is 2.77. The van der Waals surface area contributed by atoms with E-state index in [0.29, 0.717) is 5.56 Å². The number of carbonyl (C=O) groups excluding carboxylic acids is 1. The molecule has 2 heterocycles. The van der Waals surface area contributed by atoms with Crippen molar-refractivity contribution in [3.8, 4) is 0 Å². The molecule has 0 unspecified atom stereocenters. The quantitative estimate of drug-likeness (QED) is 0.693. The molecule has 1 aromatic heterocycles. The van der Waals surface area contributed by atoms with E-state index >= 15 is 0 Å². The van der Waals surface area contributed by atoms with E-state index < -0.39 is 0 Å². The fraction of sp³-hybridized carbons (Fsp3) is 0.158. The summed E-state index contributed by atoms with van der Waals surface area (Å²) in [6.45, 7) is 8.55. The van der Waals surface area contributed by atoms with Gasteiger partial charge in [0, 0.05) is 25.5 Å². The van der Waals surface area contributed by atoms with Crippen molar-refractivity contribution in [1.82, 2.24) is 10.3 Å². The minimum Gasteiger partial charge on any atom is -0.352 e. The molecule has 1 aromatic carbocycles. The van der Waals surface area contributed by atoms with E-state index in [2.05, 4.69) is 62.7 Å². The van der Waals surface area contributed by atoms with Gasteiger partial charge in [-0.1, -0.05) is 30.8 Å². The lowest BCUT2D eigenvalue weighted by molar-refractivity contribution is 0.0976. The zero-order valence-electron chi connectivity index (χ0n) is 13.9. The summed E-state index contributed by atoms with van der Waals surface area (Å²) >= 11 is 0. The van der Waals surface area contributed by atoms with Gasteiger partial charge in [0.1, 0.15) is 5.82 Å². The molecule has 1 N–H and O–H groups in total. The number of carbonyl (C=O) groups is 1. The smallest absolute Gasteiger partial charge is 0.259 e. The van der Waals surface area contributed by atoms with Crippen molar-refractivity contribution in [2.24, 2.45) is 9.98 Å². The van der Waals surface area contributed by atoms with Crippen LogP contribution in [0.4, 0.5) is 5.82 Å². The lowest BCUT2D eigenvalue weighted by Crippen LogP contribution is -2.31. The number of hydrogen-bond acceptors (Lipinski definition) is 4. The molecule has 0 spiro atoms. The molecule has 126 valence electrons. The molecule has 0 aliphatic carbocycles. The molecule has 6 heteroatoms. The Morgan fingerprint density at radius 1 is 1.24 bits per heavy atom. The van der Waals surface area contributed by atoms with Gasteiger partial charge in [-0.2, -0.15) is 0 Å². The Morgan fingerprint density at radius 3 is 2.72 bits per heavy atom. The van der Waals surface area contributed by atoms with E-state index in [1.54, 1.807) is 12.3 Å². The van der Waals surface area contributed by atoms with Gasteiger partial charge in [0.05, 0.1) is 5.56 Å². The van der Waals surface area contributed by atoms with Gasteiger partial charge >= 0.3 is 0 Å². The number of pyridine rings is 1. The second kappa shape index (κ2) is 7.53. The van der Waals surface area contributed by atoms with Gasteiger partial charge in [0.15, 0.2) is 0 Å². The highest BCUT2D eigenvalue weighted by Crippen LogP contribution is 2.22. The molecule has 0 atom stereocenters. The van der Waals surface area contributed by atoms with Crippen LogP contribution in [0.15, 0.2) is 65.4 Å². The van der Waals surface area contributed by atoms with Crippen LogP contribution in [0.2, 0.25) is 0 Å². The zero-order chi connectivity index (χ0) is 17.6. The molecule has 0 bridgehead atoms. The van der Waals surface area contributed by atoms with Crippen molar-refractivity contribution in [1.29, 1.82) is 0 Å². The molecule has 3 rings (SSSR count). The summed E-state index contributed by atoms with van der Waals surface area (Å²) in [6, 6.07) is 12.0. The number of aliphatic imine (C=N–C) groups is 2. The lowest BCUT2D eigenvalue weighted by Gasteiger charge is -2.29. The van der Waals surface area contributed by atoms with Crippen molar-refractivity contribution in [3.05, 3.63) is 72.1 Å². The average Bonchev–Trinajstić information content (AvgIpc) is 2.67. The largest absolute Gasteiger partial charge is 0.352 e. The predicted octanol–water partition coefficient (Wildman–Crippen LogP) is 2.57. The average molecular weight is 333 g/mol. The van der Waals surface area contributed by atoms with Crippen molar-refractivity contribution in [2.75, 3.05) is 11.4 Å². The Kier molecular flexibility index (Phi) is 4.99. The molecule has 6 nitrogen and oxygen atoms in total. The molecule has 0 saturated carbocycles. The third-order valence-electron chi connectivity index (χ3n) is 4.05. The van der Waals surface area contributed by atoms with Gasteiger partial charge < -0.3 is 4.90 Å². The van der Waals surface area contributed by atoms with Crippen LogP contribution in [0.3, 0.4) is 0 Å². The number of benzene rings is 1. The third kappa shape index (κ3) is 3.80. The third-order valence-corrected chi connectivity index (χ3v) is 4.05. The Labute approximate surface area is 146 Å². The minimum absolute atomic E-state index is 0.108. The van der Waals surface area contributed by atoms with Crippen LogP contribution >= 0.6 is 0 Å². The fourth-order valence-corrected chi connectivity index (χ4v) is 2.77. The van der Waals surface area contributed by atoms with Gasteiger partial charge in [-0.25, -0.2) is 15.0 Å². The van der Waals surface area contributed by atoms with Gasteiger partial charge in [-0.3, -0.25) is 10.1 Å². The standard InChI is InChI=1S/C19H19N5O/c1-3-21-19(20-2)23-18(25)15-8-9-17(22-12-15)24-11-10-14-6-4-5-7-16(14)13-24/h3-9,12H,1-2,10-11,13H2,(H,21,23,25). The second-order valence-corrected chi connectivity index (χ2v) is 5.59. The molecule has 1 aliphatic rings. The molecular weight excluding hydrogens is 314 g/mol. The first-order valence-electron chi connectivity index (χ1n) is 7.96. The molecule has 2 aromatic rings. The normalized spacial score (nSPS) is 13.8. The summed E-state index contributed by atoms with van der Waals surface area (Å²) in [5, 5.41) is 2.55. The number of fused-ring (bicyclic) bond motifs is 1. The maximum atomic E-state index is 12.2. The summed E-state index contributed by atoms with van der Waals surface area (Å²) < 4.78 is 0. The van der Waals surface area contributed by atoms with Crippen molar-refractivity contribution in [3.63, 3.8) is 0 Å². The Hall–Kier alpha value is -3.28. The van der Waals surface area contributed by atoms with Crippen LogP contribution in [0.5, 0.6) is 0 Å². The topological polar surface area (TPSA) is 70.0 Å². The summed E-state index contributed by atoms with van der Waals surface area (Å²) in [4.78, 5) is 26.2. The molecule has 1 amide bonds. The number of nitrogens with one attached hydrogen (secondary N) is 1. The van der Waals surface area contributed by atoms with Crippen LogP contribution in [-0.2, 0) is 13.0 Å². The number of nitrogens with zero attached hydrogens (tertiary/aromatic N) is 4. The van der Waals surface area contributed by atoms with E-state index in [1.807, 2.05) is 6.07 Å². The van der Waals surface area contributed by atoms with E-state index in [0.717, 1.165) is 25.3 Å². The monoisotopic (exact) mass is 333 g/mol. The van der Waals surface area contributed by atoms with Crippen LogP contribution in [0.1, 0.15) is 21.5 Å². The van der Waals surface area contributed by atoms with Gasteiger partial charge in [0.2, 0.25) is 5.96 Å². The molecule has 0 radical (unpaired) electrons. The molecule has 25 heavy (non-hydrogen) atoms. The number of guanidine groups is 1. The first-order chi connectivity index (χ1) is 12.2. The maximum Gasteiger partial charge on any atom is 0.259 e. The highest BCUT2D eigenvalue weighted by atomic mass is 16.1. The van der Waals surface area contributed by atoms with Crippen molar-refractivity contribution >= 4 is 24.4 Å². The molecular formula is C19H19N5O. The van der Waals surface area contributed by atoms with E-state index in [9.17, 15) is 4.79 Å². The first-order valence-corrected chi connectivity index (χ1v) is 7.96. The summed E-state index contributed by atoms with van der Waals surface area (Å²) in [5.41, 5.74) is 3.14. The second-order valence-electron chi connectivity index (χ2n) is 5.59. The predicted molar refractivity (Wildman–Crippen MR) is 100 cm³/mol. The first kappa shape index (κ1) is 16.6. The summed E-state index contributed by atoms with van der Waals surface area (Å²) in [5.74, 6) is 0.626. The molecule has 0 saturated heterocycles. The number of anilines is 1. The van der Waals surface area contributed by atoms with Crippen LogP contribution in [0.25, 0.3) is 0 Å². The lowest BCUT2D eigenvalue weighted by atomic mass is 10.00. The van der Waals surface area contributed by atoms with Crippen LogP contribution in [-0.4, -0.2) is 30.1 Å².